The lowest BCUT2D eigenvalue weighted by Crippen LogP contribution is -2.23. The van der Waals surface area contributed by atoms with E-state index >= 15 is 0 Å². The highest BCUT2D eigenvalue weighted by Gasteiger charge is 2.16. The molecule has 1 aromatic heterocycles. The topological polar surface area (TPSA) is 64.9 Å². The second kappa shape index (κ2) is 7.72. The highest BCUT2D eigenvalue weighted by molar-refractivity contribution is 5.19. The molecule has 0 bridgehead atoms. The van der Waals surface area contributed by atoms with Gasteiger partial charge in [0.1, 0.15) is 0 Å². The number of ether oxygens (including phenoxy) is 1. The molecule has 1 heterocycles. The maximum atomic E-state index is 5.01. The maximum Gasteiger partial charge on any atom is 0.165 e. The second-order valence-corrected chi connectivity index (χ2v) is 4.54. The van der Waals surface area contributed by atoms with Gasteiger partial charge in [0.2, 0.25) is 0 Å². The first-order valence-corrected chi connectivity index (χ1v) is 6.88. The zero-order chi connectivity index (χ0) is 14.2. The van der Waals surface area contributed by atoms with Gasteiger partial charge in [-0.1, -0.05) is 37.3 Å². The summed E-state index contributed by atoms with van der Waals surface area (Å²) in [6.07, 6.45) is 0.945. The summed E-state index contributed by atoms with van der Waals surface area (Å²) in [6.45, 7) is 4.24. The van der Waals surface area contributed by atoms with Crippen LogP contribution in [0.15, 0.2) is 30.3 Å². The molecule has 0 aliphatic heterocycles. The van der Waals surface area contributed by atoms with Crippen molar-refractivity contribution in [3.63, 3.8) is 0 Å². The Morgan fingerprint density at radius 3 is 2.80 bits per heavy atom. The predicted octanol–water partition coefficient (Wildman–Crippen LogP) is 1.41. The first-order valence-electron chi connectivity index (χ1n) is 6.88. The highest BCUT2D eigenvalue weighted by atomic mass is 16.5. The number of benzene rings is 1. The summed E-state index contributed by atoms with van der Waals surface area (Å²) < 4.78 is 6.91. The number of aromatic nitrogens is 4. The van der Waals surface area contributed by atoms with Crippen LogP contribution in [0.1, 0.15) is 30.8 Å². The number of hydrogen-bond acceptors (Lipinski definition) is 5. The van der Waals surface area contributed by atoms with E-state index < -0.39 is 0 Å². The fourth-order valence-corrected chi connectivity index (χ4v) is 2.17. The molecule has 108 valence electrons. The Kier molecular flexibility index (Phi) is 5.64. The Bertz CT molecular complexity index is 499. The number of nitrogens with zero attached hydrogens (tertiary/aromatic N) is 4. The van der Waals surface area contributed by atoms with E-state index in [1.165, 1.54) is 5.56 Å². The smallest absolute Gasteiger partial charge is 0.165 e. The summed E-state index contributed by atoms with van der Waals surface area (Å²) in [5, 5.41) is 15.3. The van der Waals surface area contributed by atoms with Crippen LogP contribution >= 0.6 is 0 Å². The molecule has 1 N–H and O–H groups in total. The van der Waals surface area contributed by atoms with Crippen LogP contribution in [0.4, 0.5) is 0 Å². The summed E-state index contributed by atoms with van der Waals surface area (Å²) in [4.78, 5) is 0. The van der Waals surface area contributed by atoms with Crippen molar-refractivity contribution in [3.05, 3.63) is 41.7 Å². The summed E-state index contributed by atoms with van der Waals surface area (Å²) in [7, 11) is 1.69. The molecule has 1 atom stereocenters. The Morgan fingerprint density at radius 2 is 2.10 bits per heavy atom. The van der Waals surface area contributed by atoms with Crippen molar-refractivity contribution in [2.75, 3.05) is 20.3 Å². The molecule has 0 saturated carbocycles. The van der Waals surface area contributed by atoms with Gasteiger partial charge in [0.15, 0.2) is 5.82 Å². The average molecular weight is 275 g/mol. The molecule has 2 aromatic rings. The molecule has 6 heteroatoms. The molecule has 20 heavy (non-hydrogen) atoms. The third-order valence-corrected chi connectivity index (χ3v) is 3.19. The van der Waals surface area contributed by atoms with Gasteiger partial charge in [-0.15, -0.1) is 5.10 Å². The first-order chi connectivity index (χ1) is 9.86. The van der Waals surface area contributed by atoms with Gasteiger partial charge in [-0.05, 0) is 22.4 Å². The van der Waals surface area contributed by atoms with E-state index in [1.807, 2.05) is 22.9 Å². The van der Waals surface area contributed by atoms with Gasteiger partial charge in [0, 0.05) is 13.7 Å². The molecule has 0 aliphatic rings. The normalized spacial score (nSPS) is 12.5. The van der Waals surface area contributed by atoms with Crippen molar-refractivity contribution < 1.29 is 4.74 Å². The monoisotopic (exact) mass is 275 g/mol. The molecule has 6 nitrogen and oxygen atoms in total. The van der Waals surface area contributed by atoms with E-state index in [-0.39, 0.29) is 6.04 Å². The maximum absolute atomic E-state index is 5.01. The van der Waals surface area contributed by atoms with Gasteiger partial charge in [-0.25, -0.2) is 4.68 Å². The third kappa shape index (κ3) is 3.61. The van der Waals surface area contributed by atoms with Crippen molar-refractivity contribution in [2.24, 2.45) is 0 Å². The Hall–Kier alpha value is -1.79. The minimum Gasteiger partial charge on any atom is -0.383 e. The molecular formula is C14H21N5O. The minimum atomic E-state index is 0.172. The quantitative estimate of drug-likeness (QED) is 0.738. The largest absolute Gasteiger partial charge is 0.383 e. The van der Waals surface area contributed by atoms with Crippen LogP contribution in [0.5, 0.6) is 0 Å². The van der Waals surface area contributed by atoms with Crippen molar-refractivity contribution in [1.82, 2.24) is 25.5 Å². The van der Waals surface area contributed by atoms with Crippen LogP contribution in [-0.4, -0.2) is 40.5 Å². The SMILES string of the molecule is CCC(c1ccccc1)n1nnnc1CNCCOC. The molecule has 0 saturated heterocycles. The molecule has 0 radical (unpaired) electrons. The number of rotatable bonds is 8. The van der Waals surface area contributed by atoms with Gasteiger partial charge >= 0.3 is 0 Å². The van der Waals surface area contributed by atoms with Crippen molar-refractivity contribution in [2.45, 2.75) is 25.9 Å². The van der Waals surface area contributed by atoms with Gasteiger partial charge in [-0.2, -0.15) is 0 Å². The van der Waals surface area contributed by atoms with E-state index in [4.69, 9.17) is 4.74 Å². The van der Waals surface area contributed by atoms with Crippen LogP contribution in [0.25, 0.3) is 0 Å². The Morgan fingerprint density at radius 1 is 1.30 bits per heavy atom. The van der Waals surface area contributed by atoms with E-state index in [0.717, 1.165) is 18.8 Å². The van der Waals surface area contributed by atoms with Gasteiger partial charge < -0.3 is 10.1 Å². The number of tetrazole rings is 1. The van der Waals surface area contributed by atoms with Crippen LogP contribution in [-0.2, 0) is 11.3 Å². The summed E-state index contributed by atoms with van der Waals surface area (Å²) in [6, 6.07) is 10.5. The lowest BCUT2D eigenvalue weighted by Gasteiger charge is -2.17. The van der Waals surface area contributed by atoms with Gasteiger partial charge in [-0.3, -0.25) is 0 Å². The third-order valence-electron chi connectivity index (χ3n) is 3.19. The lowest BCUT2D eigenvalue weighted by atomic mass is 10.1. The zero-order valence-electron chi connectivity index (χ0n) is 12.0. The van der Waals surface area contributed by atoms with Crippen LogP contribution < -0.4 is 5.32 Å². The fourth-order valence-electron chi connectivity index (χ4n) is 2.17. The van der Waals surface area contributed by atoms with E-state index in [0.29, 0.717) is 13.2 Å². The van der Waals surface area contributed by atoms with Crippen molar-refractivity contribution >= 4 is 0 Å². The molecule has 0 fully saturated rings. The first kappa shape index (κ1) is 14.6. The van der Waals surface area contributed by atoms with Crippen molar-refractivity contribution in [1.29, 1.82) is 0 Å². The number of nitrogens with one attached hydrogen (secondary N) is 1. The highest BCUT2D eigenvalue weighted by Crippen LogP contribution is 2.21. The Labute approximate surface area is 119 Å². The van der Waals surface area contributed by atoms with E-state index in [1.54, 1.807) is 7.11 Å². The molecule has 2 rings (SSSR count). The molecular weight excluding hydrogens is 254 g/mol. The minimum absolute atomic E-state index is 0.172. The summed E-state index contributed by atoms with van der Waals surface area (Å²) in [5.41, 5.74) is 1.22. The zero-order valence-corrected chi connectivity index (χ0v) is 12.0. The van der Waals surface area contributed by atoms with Gasteiger partial charge in [0.05, 0.1) is 19.2 Å². The van der Waals surface area contributed by atoms with Crippen molar-refractivity contribution in [3.8, 4) is 0 Å². The second-order valence-electron chi connectivity index (χ2n) is 4.54. The summed E-state index contributed by atoms with van der Waals surface area (Å²) in [5.74, 6) is 0.844. The predicted molar refractivity (Wildman–Crippen MR) is 76.3 cm³/mol. The van der Waals surface area contributed by atoms with Crippen LogP contribution in [0, 0.1) is 0 Å². The van der Waals surface area contributed by atoms with Crippen LogP contribution in [0.2, 0.25) is 0 Å². The number of hydrogen-bond donors (Lipinski definition) is 1. The molecule has 0 spiro atoms. The Balaban J connectivity index is 2.09. The van der Waals surface area contributed by atoms with Crippen LogP contribution in [0.3, 0.4) is 0 Å². The lowest BCUT2D eigenvalue weighted by molar-refractivity contribution is 0.198. The average Bonchev–Trinajstić information content (AvgIpc) is 2.94. The molecule has 1 aromatic carbocycles. The van der Waals surface area contributed by atoms with Gasteiger partial charge in [0.25, 0.3) is 0 Å². The fraction of sp³-hybridized carbons (Fsp3) is 0.500. The summed E-state index contributed by atoms with van der Waals surface area (Å²) >= 11 is 0. The number of methoxy groups -OCH3 is 1. The molecule has 0 aliphatic carbocycles. The standard InChI is InChI=1S/C14H21N5O/c1-3-13(12-7-5-4-6-8-12)19-14(16-17-18-19)11-15-9-10-20-2/h4-8,13,15H,3,9-11H2,1-2H3. The van der Waals surface area contributed by atoms with E-state index in [9.17, 15) is 0 Å². The molecule has 0 amide bonds. The van der Waals surface area contributed by atoms with E-state index in [2.05, 4.69) is 39.9 Å². The molecule has 1 unspecified atom stereocenters.